The molecule has 3 aromatic rings. The summed E-state index contributed by atoms with van der Waals surface area (Å²) in [6.07, 6.45) is 0.730. The summed E-state index contributed by atoms with van der Waals surface area (Å²) in [5.41, 5.74) is 3.26. The summed E-state index contributed by atoms with van der Waals surface area (Å²) in [6.45, 7) is 3.55. The van der Waals surface area contributed by atoms with Crippen molar-refractivity contribution in [2.24, 2.45) is 0 Å². The van der Waals surface area contributed by atoms with Gasteiger partial charge in [0.1, 0.15) is 12.6 Å². The maximum atomic E-state index is 13.2. The quantitative estimate of drug-likeness (QED) is 0.613. The zero-order valence-electron chi connectivity index (χ0n) is 17.4. The molecule has 2 aromatic carbocycles. The number of nitrogens with zero attached hydrogens (tertiary/aromatic N) is 2. The molecule has 2 atom stereocenters. The Balaban J connectivity index is 1.55. The molecule has 0 amide bonds. The van der Waals surface area contributed by atoms with Gasteiger partial charge < -0.3 is 9.84 Å². The number of esters is 1. The van der Waals surface area contributed by atoms with E-state index in [1.54, 1.807) is 18.3 Å². The number of aryl methyl sites for hydroxylation is 2. The Hall–Kier alpha value is -2.81. The van der Waals surface area contributed by atoms with Crippen LogP contribution in [0.4, 0.5) is 0 Å². The highest BCUT2D eigenvalue weighted by Crippen LogP contribution is 2.28. The number of ether oxygens (including phenoxy) is 1. The lowest BCUT2D eigenvalue weighted by atomic mass is 10.1. The van der Waals surface area contributed by atoms with Crippen molar-refractivity contribution in [1.29, 1.82) is 0 Å². The van der Waals surface area contributed by atoms with Gasteiger partial charge in [-0.25, -0.2) is 8.42 Å². The van der Waals surface area contributed by atoms with Crippen molar-refractivity contribution in [3.8, 4) is 0 Å². The van der Waals surface area contributed by atoms with Crippen LogP contribution in [0.3, 0.4) is 0 Å². The van der Waals surface area contributed by atoms with E-state index in [0.717, 1.165) is 31.9 Å². The number of hydrogen-bond acceptors (Lipinski definition) is 6. The van der Waals surface area contributed by atoms with Crippen molar-refractivity contribution < 1.29 is 23.1 Å². The van der Waals surface area contributed by atoms with E-state index in [4.69, 9.17) is 4.74 Å². The lowest BCUT2D eigenvalue weighted by molar-refractivity contribution is -0.148. The second kappa shape index (κ2) is 8.37. The zero-order valence-corrected chi connectivity index (χ0v) is 18.2. The first-order valence-corrected chi connectivity index (χ1v) is 11.5. The molecule has 2 heterocycles. The first kappa shape index (κ1) is 21.4. The van der Waals surface area contributed by atoms with Gasteiger partial charge in [0.15, 0.2) is 0 Å². The Bertz CT molecular complexity index is 1240. The number of carbonyl (C=O) groups excluding carboxylic acids is 1. The largest absolute Gasteiger partial charge is 0.460 e. The number of carbonyl (C=O) groups is 1. The fourth-order valence-electron chi connectivity index (χ4n) is 3.80. The number of aliphatic hydroxyl groups is 1. The van der Waals surface area contributed by atoms with Crippen molar-refractivity contribution in [3.05, 3.63) is 71.4 Å². The Morgan fingerprint density at radius 2 is 1.94 bits per heavy atom. The molecule has 31 heavy (non-hydrogen) atoms. The summed E-state index contributed by atoms with van der Waals surface area (Å²) >= 11 is 0. The van der Waals surface area contributed by atoms with Crippen LogP contribution in [0.5, 0.6) is 0 Å². The van der Waals surface area contributed by atoms with E-state index in [1.165, 1.54) is 6.07 Å². The number of pyridine rings is 1. The van der Waals surface area contributed by atoms with Crippen molar-refractivity contribution in [1.82, 2.24) is 9.29 Å². The number of hydrogen-bond donors (Lipinski definition) is 1. The molecule has 1 aliphatic heterocycles. The van der Waals surface area contributed by atoms with Crippen LogP contribution in [0.25, 0.3) is 10.9 Å². The minimum atomic E-state index is -3.96. The molecule has 4 rings (SSSR count). The fourth-order valence-corrected chi connectivity index (χ4v) is 5.51. The summed E-state index contributed by atoms with van der Waals surface area (Å²) in [4.78, 5) is 17.3. The van der Waals surface area contributed by atoms with Gasteiger partial charge in [-0.2, -0.15) is 4.31 Å². The van der Waals surface area contributed by atoms with Crippen LogP contribution < -0.4 is 0 Å². The van der Waals surface area contributed by atoms with Crippen molar-refractivity contribution in [3.63, 3.8) is 0 Å². The number of rotatable bonds is 5. The first-order chi connectivity index (χ1) is 14.8. The van der Waals surface area contributed by atoms with Crippen LogP contribution in [-0.2, 0) is 26.2 Å². The number of sulfonamides is 1. The highest BCUT2D eigenvalue weighted by molar-refractivity contribution is 7.89. The van der Waals surface area contributed by atoms with Gasteiger partial charge in [0.25, 0.3) is 0 Å². The van der Waals surface area contributed by atoms with E-state index in [2.05, 4.69) is 4.98 Å². The van der Waals surface area contributed by atoms with Crippen LogP contribution in [-0.4, -0.2) is 47.5 Å². The average molecular weight is 441 g/mol. The highest BCUT2D eigenvalue weighted by atomic mass is 32.2. The topological polar surface area (TPSA) is 96.8 Å². The Morgan fingerprint density at radius 3 is 2.71 bits per heavy atom. The average Bonchev–Trinajstić information content (AvgIpc) is 3.16. The molecule has 1 fully saturated rings. The van der Waals surface area contributed by atoms with Crippen LogP contribution in [0.1, 0.15) is 23.1 Å². The zero-order chi connectivity index (χ0) is 22.2. The van der Waals surface area contributed by atoms with Crippen LogP contribution in [0.2, 0.25) is 0 Å². The summed E-state index contributed by atoms with van der Waals surface area (Å²) in [7, 11) is -3.96. The molecule has 0 aliphatic carbocycles. The predicted molar refractivity (Wildman–Crippen MR) is 116 cm³/mol. The monoisotopic (exact) mass is 440 g/mol. The lowest BCUT2D eigenvalue weighted by Gasteiger charge is -2.23. The summed E-state index contributed by atoms with van der Waals surface area (Å²) in [6, 6.07) is 13.1. The van der Waals surface area contributed by atoms with E-state index in [1.807, 2.05) is 44.2 Å². The van der Waals surface area contributed by atoms with Crippen molar-refractivity contribution >= 4 is 26.9 Å². The van der Waals surface area contributed by atoms with Gasteiger partial charge in [-0.3, -0.25) is 9.78 Å². The van der Waals surface area contributed by atoms with Gasteiger partial charge in [0.05, 0.1) is 16.5 Å². The second-order valence-corrected chi connectivity index (χ2v) is 9.72. The van der Waals surface area contributed by atoms with E-state index >= 15 is 0 Å². The third kappa shape index (κ3) is 4.19. The minimum Gasteiger partial charge on any atom is -0.460 e. The van der Waals surface area contributed by atoms with Crippen molar-refractivity contribution in [2.45, 2.75) is 43.9 Å². The van der Waals surface area contributed by atoms with Crippen LogP contribution in [0, 0.1) is 13.8 Å². The van der Waals surface area contributed by atoms with E-state index in [0.29, 0.717) is 0 Å². The van der Waals surface area contributed by atoms with E-state index in [-0.39, 0.29) is 24.5 Å². The molecule has 1 aromatic heterocycles. The van der Waals surface area contributed by atoms with Gasteiger partial charge in [0, 0.05) is 30.1 Å². The molecular weight excluding hydrogens is 416 g/mol. The molecule has 1 aliphatic rings. The normalized spacial score (nSPS) is 19.6. The molecule has 8 heteroatoms. The third-order valence-corrected chi connectivity index (χ3v) is 7.55. The maximum absolute atomic E-state index is 13.2. The molecule has 1 saturated heterocycles. The third-order valence-electron chi connectivity index (χ3n) is 5.68. The predicted octanol–water partition coefficient (Wildman–Crippen LogP) is 2.72. The van der Waals surface area contributed by atoms with Crippen molar-refractivity contribution in [2.75, 3.05) is 6.54 Å². The maximum Gasteiger partial charge on any atom is 0.324 e. The number of β-amino-alcohol motifs (C(OH)–C–C–N with tert-alkyl or cyclic N) is 1. The molecular formula is C23H24N2O5S. The van der Waals surface area contributed by atoms with E-state index in [9.17, 15) is 18.3 Å². The Morgan fingerprint density at radius 1 is 1.16 bits per heavy atom. The molecule has 0 bridgehead atoms. The fraction of sp³-hybridized carbons (Fsp3) is 0.304. The Labute approximate surface area is 181 Å². The van der Waals surface area contributed by atoms with Gasteiger partial charge in [0.2, 0.25) is 10.0 Å². The first-order valence-electron chi connectivity index (χ1n) is 10.0. The highest BCUT2D eigenvalue weighted by Gasteiger charge is 2.44. The number of benzene rings is 2. The Kier molecular flexibility index (Phi) is 5.79. The number of aliphatic hydroxyl groups excluding tert-OH is 1. The number of aromatic nitrogens is 1. The summed E-state index contributed by atoms with van der Waals surface area (Å²) < 4.78 is 32.9. The number of fused-ring (bicyclic) bond motifs is 1. The standard InChI is InChI=1S/C23H24N2O5S/c1-15-8-9-20(11-16(15)2)31(28,29)25-13-19(26)12-21(25)23(27)30-14-18-6-3-5-17-7-4-10-24-22(17)18/h3-11,19,21,26H,12-14H2,1-2H3/t19?,21-/m0/s1. The molecule has 1 unspecified atom stereocenters. The lowest BCUT2D eigenvalue weighted by Crippen LogP contribution is -2.41. The van der Waals surface area contributed by atoms with Gasteiger partial charge in [-0.05, 0) is 43.2 Å². The number of para-hydroxylation sites is 1. The molecule has 0 saturated carbocycles. The SMILES string of the molecule is Cc1ccc(S(=O)(=O)N2CC(O)C[C@H]2C(=O)OCc2cccc3cccnc23)cc1C. The molecule has 1 N–H and O–H groups in total. The molecule has 162 valence electrons. The van der Waals surface area contributed by atoms with Gasteiger partial charge >= 0.3 is 5.97 Å². The van der Waals surface area contributed by atoms with Crippen LogP contribution >= 0.6 is 0 Å². The van der Waals surface area contributed by atoms with Gasteiger partial charge in [-0.1, -0.05) is 30.3 Å². The van der Waals surface area contributed by atoms with E-state index < -0.39 is 28.1 Å². The molecule has 0 spiro atoms. The molecule has 7 nitrogen and oxygen atoms in total. The molecule has 0 radical (unpaired) electrons. The minimum absolute atomic E-state index is 0.00328. The summed E-state index contributed by atoms with van der Waals surface area (Å²) in [5.74, 6) is -0.683. The second-order valence-electron chi connectivity index (χ2n) is 7.83. The smallest absolute Gasteiger partial charge is 0.324 e. The van der Waals surface area contributed by atoms with Crippen LogP contribution in [0.15, 0.2) is 59.6 Å². The summed E-state index contributed by atoms with van der Waals surface area (Å²) in [5, 5.41) is 11.1. The van der Waals surface area contributed by atoms with Gasteiger partial charge in [-0.15, -0.1) is 0 Å².